The van der Waals surface area contributed by atoms with Gasteiger partial charge in [-0.25, -0.2) is 13.8 Å². The third-order valence-corrected chi connectivity index (χ3v) is 2.75. The van der Waals surface area contributed by atoms with Crippen molar-refractivity contribution in [2.24, 2.45) is 0 Å². The van der Waals surface area contributed by atoms with Gasteiger partial charge in [0.15, 0.2) is 0 Å². The fraction of sp³-hybridized carbons (Fsp3) is 0. The van der Waals surface area contributed by atoms with Gasteiger partial charge in [0.1, 0.15) is 11.0 Å². The van der Waals surface area contributed by atoms with E-state index in [0.717, 1.165) is 12.1 Å². The zero-order valence-electron chi connectivity index (χ0n) is 8.21. The lowest BCUT2D eigenvalue weighted by Crippen LogP contribution is -2.33. The summed E-state index contributed by atoms with van der Waals surface area (Å²) in [5.74, 6) is -0.678. The standard InChI is InChI=1S/C10H5BrClFN2O2/c11-5-1-2-6(13)7(3-5)15-9(16)4-8(12)14-10(15)17/h1-4H,(H,14,17). The molecule has 1 aromatic carbocycles. The second kappa shape index (κ2) is 4.46. The largest absolute Gasteiger partial charge is 0.334 e. The van der Waals surface area contributed by atoms with Crippen molar-refractivity contribution in [2.75, 3.05) is 0 Å². The van der Waals surface area contributed by atoms with Gasteiger partial charge in [0.05, 0.1) is 5.69 Å². The van der Waals surface area contributed by atoms with Crippen LogP contribution in [0.4, 0.5) is 4.39 Å². The lowest BCUT2D eigenvalue weighted by molar-refractivity contribution is 0.612. The van der Waals surface area contributed by atoms with Gasteiger partial charge in [0, 0.05) is 10.5 Å². The first kappa shape index (κ1) is 12.1. The van der Waals surface area contributed by atoms with Crippen LogP contribution in [-0.4, -0.2) is 9.55 Å². The Morgan fingerprint density at radius 1 is 1.29 bits per heavy atom. The number of aromatic nitrogens is 2. The average Bonchev–Trinajstić information content (AvgIpc) is 2.21. The highest BCUT2D eigenvalue weighted by Crippen LogP contribution is 2.17. The Morgan fingerprint density at radius 3 is 2.65 bits per heavy atom. The minimum Gasteiger partial charge on any atom is -0.297 e. The molecule has 7 heteroatoms. The van der Waals surface area contributed by atoms with Gasteiger partial charge in [-0.1, -0.05) is 27.5 Å². The van der Waals surface area contributed by atoms with Crippen molar-refractivity contribution in [3.8, 4) is 5.69 Å². The third kappa shape index (κ3) is 2.32. The minimum atomic E-state index is -0.792. The summed E-state index contributed by atoms with van der Waals surface area (Å²) >= 11 is 8.65. The van der Waals surface area contributed by atoms with Gasteiger partial charge in [-0.05, 0) is 18.2 Å². The molecule has 1 heterocycles. The fourth-order valence-electron chi connectivity index (χ4n) is 1.35. The highest BCUT2D eigenvalue weighted by atomic mass is 79.9. The molecule has 2 rings (SSSR count). The molecule has 0 saturated heterocycles. The zero-order valence-corrected chi connectivity index (χ0v) is 10.5. The first-order chi connectivity index (χ1) is 7.99. The molecule has 0 aliphatic heterocycles. The van der Waals surface area contributed by atoms with Crippen molar-refractivity contribution in [3.05, 3.63) is 60.5 Å². The molecule has 0 aliphatic rings. The van der Waals surface area contributed by atoms with Gasteiger partial charge in [0.2, 0.25) is 0 Å². The molecular formula is C10H5BrClFN2O2. The maximum Gasteiger partial charge on any atom is 0.334 e. The first-order valence-electron chi connectivity index (χ1n) is 4.46. The molecule has 1 aromatic heterocycles. The van der Waals surface area contributed by atoms with Crippen molar-refractivity contribution in [2.45, 2.75) is 0 Å². The predicted octanol–water partition coefficient (Wildman–Crippen LogP) is 2.08. The summed E-state index contributed by atoms with van der Waals surface area (Å²) in [4.78, 5) is 25.4. The summed E-state index contributed by atoms with van der Waals surface area (Å²) in [6, 6.07) is 4.96. The van der Waals surface area contributed by atoms with Crippen LogP contribution < -0.4 is 11.2 Å². The van der Waals surface area contributed by atoms with Crippen LogP contribution in [0.25, 0.3) is 5.69 Å². The van der Waals surface area contributed by atoms with Crippen molar-refractivity contribution in [1.82, 2.24) is 9.55 Å². The molecule has 0 aliphatic carbocycles. The SMILES string of the molecule is O=c1cc(Cl)[nH]c(=O)n1-c1cc(Br)ccc1F. The monoisotopic (exact) mass is 318 g/mol. The van der Waals surface area contributed by atoms with Crippen LogP contribution in [0.2, 0.25) is 5.15 Å². The van der Waals surface area contributed by atoms with E-state index < -0.39 is 17.1 Å². The van der Waals surface area contributed by atoms with Gasteiger partial charge in [-0.2, -0.15) is 0 Å². The Morgan fingerprint density at radius 2 is 2.00 bits per heavy atom. The van der Waals surface area contributed by atoms with Crippen molar-refractivity contribution < 1.29 is 4.39 Å². The van der Waals surface area contributed by atoms with Crippen molar-refractivity contribution >= 4 is 27.5 Å². The Kier molecular flexibility index (Phi) is 3.17. The van der Waals surface area contributed by atoms with E-state index in [9.17, 15) is 14.0 Å². The number of H-pyrrole nitrogens is 1. The second-order valence-corrected chi connectivity index (χ2v) is 4.51. The minimum absolute atomic E-state index is 0.0911. The van der Waals surface area contributed by atoms with E-state index in [1.807, 2.05) is 0 Å². The summed E-state index contributed by atoms with van der Waals surface area (Å²) in [6.07, 6.45) is 0. The topological polar surface area (TPSA) is 54.9 Å². The number of aromatic amines is 1. The quantitative estimate of drug-likeness (QED) is 0.818. The molecule has 17 heavy (non-hydrogen) atoms. The van der Waals surface area contributed by atoms with Crippen LogP contribution in [0, 0.1) is 5.82 Å². The van der Waals surface area contributed by atoms with Gasteiger partial charge in [0.25, 0.3) is 5.56 Å². The number of benzene rings is 1. The molecule has 0 fully saturated rings. The Bertz CT molecular complexity index is 664. The van der Waals surface area contributed by atoms with E-state index in [1.165, 1.54) is 12.1 Å². The van der Waals surface area contributed by atoms with E-state index in [0.29, 0.717) is 9.04 Å². The van der Waals surface area contributed by atoms with Crippen LogP contribution in [0.1, 0.15) is 0 Å². The molecule has 0 unspecified atom stereocenters. The van der Waals surface area contributed by atoms with Crippen LogP contribution in [0.15, 0.2) is 38.3 Å². The molecule has 2 aromatic rings. The second-order valence-electron chi connectivity index (χ2n) is 3.19. The highest BCUT2D eigenvalue weighted by molar-refractivity contribution is 9.10. The highest BCUT2D eigenvalue weighted by Gasteiger charge is 2.11. The number of nitrogens with one attached hydrogen (secondary N) is 1. The maximum atomic E-state index is 13.5. The van der Waals surface area contributed by atoms with Gasteiger partial charge < -0.3 is 0 Å². The Hall–Kier alpha value is -1.40. The van der Waals surface area contributed by atoms with Gasteiger partial charge >= 0.3 is 5.69 Å². The van der Waals surface area contributed by atoms with Crippen molar-refractivity contribution in [3.63, 3.8) is 0 Å². The predicted molar refractivity (Wildman–Crippen MR) is 65.3 cm³/mol. The van der Waals surface area contributed by atoms with E-state index in [4.69, 9.17) is 11.6 Å². The van der Waals surface area contributed by atoms with Crippen LogP contribution >= 0.6 is 27.5 Å². The van der Waals surface area contributed by atoms with Crippen molar-refractivity contribution in [1.29, 1.82) is 0 Å². The third-order valence-electron chi connectivity index (χ3n) is 2.05. The molecule has 0 amide bonds. The summed E-state index contributed by atoms with van der Waals surface area (Å²) in [6.45, 7) is 0. The summed E-state index contributed by atoms with van der Waals surface area (Å²) in [5, 5.41) is -0.0911. The van der Waals surface area contributed by atoms with Crippen LogP contribution in [0.5, 0.6) is 0 Å². The fourth-order valence-corrected chi connectivity index (χ4v) is 1.88. The van der Waals surface area contributed by atoms with E-state index in [2.05, 4.69) is 20.9 Å². The molecule has 0 bridgehead atoms. The summed E-state index contributed by atoms with van der Waals surface area (Å²) in [5.41, 5.74) is -1.63. The summed E-state index contributed by atoms with van der Waals surface area (Å²) < 4.78 is 14.8. The lowest BCUT2D eigenvalue weighted by Gasteiger charge is -2.06. The smallest absolute Gasteiger partial charge is 0.297 e. The molecule has 0 atom stereocenters. The molecule has 0 saturated carbocycles. The van der Waals surface area contributed by atoms with Crippen LogP contribution in [0.3, 0.4) is 0 Å². The van der Waals surface area contributed by atoms with E-state index in [1.54, 1.807) is 0 Å². The number of nitrogens with zero attached hydrogens (tertiary/aromatic N) is 1. The number of hydrogen-bond acceptors (Lipinski definition) is 2. The molecular weight excluding hydrogens is 314 g/mol. The maximum absolute atomic E-state index is 13.5. The number of rotatable bonds is 1. The Labute approximate surface area is 108 Å². The summed E-state index contributed by atoms with van der Waals surface area (Å²) in [7, 11) is 0. The zero-order chi connectivity index (χ0) is 12.6. The van der Waals surface area contributed by atoms with E-state index >= 15 is 0 Å². The molecule has 0 spiro atoms. The Balaban J connectivity index is 2.82. The van der Waals surface area contributed by atoms with E-state index in [-0.39, 0.29) is 10.8 Å². The molecule has 1 N–H and O–H groups in total. The first-order valence-corrected chi connectivity index (χ1v) is 5.63. The molecule has 4 nitrogen and oxygen atoms in total. The lowest BCUT2D eigenvalue weighted by atomic mass is 10.3. The molecule has 88 valence electrons. The number of halogens is 3. The van der Waals surface area contributed by atoms with Crippen LogP contribution in [-0.2, 0) is 0 Å². The normalized spacial score (nSPS) is 10.5. The van der Waals surface area contributed by atoms with Gasteiger partial charge in [-0.3, -0.25) is 9.78 Å². The number of hydrogen-bond donors (Lipinski definition) is 1. The molecule has 0 radical (unpaired) electrons. The average molecular weight is 320 g/mol. The van der Waals surface area contributed by atoms with Gasteiger partial charge in [-0.15, -0.1) is 0 Å².